The molecule has 1 aromatic heterocycles. The second-order valence-corrected chi connectivity index (χ2v) is 4.12. The number of thioether (sulfide) groups is 1. The largest absolute Gasteiger partial charge is 0.478 e. The third-order valence-electron chi connectivity index (χ3n) is 1.77. The van der Waals surface area contributed by atoms with Crippen LogP contribution < -0.4 is 0 Å². The molecule has 1 aromatic rings. The molecule has 1 heterocycles. The van der Waals surface area contributed by atoms with Gasteiger partial charge in [-0.2, -0.15) is 0 Å². The van der Waals surface area contributed by atoms with E-state index in [4.69, 9.17) is 10.2 Å². The van der Waals surface area contributed by atoms with Crippen LogP contribution in [0.2, 0.25) is 0 Å². The number of aliphatic hydroxyl groups excluding tert-OH is 1. The molecule has 4 nitrogen and oxygen atoms in total. The molecule has 82 valence electrons. The number of carboxylic acid groups (broad SMARTS) is 1. The summed E-state index contributed by atoms with van der Waals surface area (Å²) in [6.45, 7) is 1.93. The Labute approximate surface area is 92.3 Å². The Balaban J connectivity index is 2.82. The third-order valence-corrected chi connectivity index (χ3v) is 2.85. The summed E-state index contributed by atoms with van der Waals surface area (Å²) in [6.07, 6.45) is 0.638. The lowest BCUT2D eigenvalue weighted by Gasteiger charge is -2.05. The van der Waals surface area contributed by atoms with Gasteiger partial charge in [-0.1, -0.05) is 0 Å². The van der Waals surface area contributed by atoms with Gasteiger partial charge in [-0.3, -0.25) is 0 Å². The van der Waals surface area contributed by atoms with Crippen molar-refractivity contribution in [3.63, 3.8) is 0 Å². The number of carbonyl (C=O) groups is 1. The zero-order chi connectivity index (χ0) is 11.3. The van der Waals surface area contributed by atoms with Crippen molar-refractivity contribution < 1.29 is 15.0 Å². The summed E-state index contributed by atoms with van der Waals surface area (Å²) in [6, 6.07) is 3.24. The average Bonchev–Trinajstić information content (AvgIpc) is 2.18. The first-order chi connectivity index (χ1) is 7.15. The number of aromatic nitrogens is 1. The minimum atomic E-state index is -0.964. The number of carboxylic acids is 1. The van der Waals surface area contributed by atoms with Crippen molar-refractivity contribution in [3.8, 4) is 0 Å². The van der Waals surface area contributed by atoms with Crippen molar-refractivity contribution in [3.05, 3.63) is 23.4 Å². The van der Waals surface area contributed by atoms with E-state index in [-0.39, 0.29) is 12.2 Å². The maximum absolute atomic E-state index is 10.9. The highest BCUT2D eigenvalue weighted by atomic mass is 32.2. The molecular weight excluding hydrogens is 214 g/mol. The molecule has 0 aliphatic carbocycles. The van der Waals surface area contributed by atoms with Crippen LogP contribution in [0.15, 0.2) is 17.2 Å². The van der Waals surface area contributed by atoms with Crippen LogP contribution in [0.3, 0.4) is 0 Å². The van der Waals surface area contributed by atoms with Gasteiger partial charge in [-0.25, -0.2) is 9.78 Å². The fraction of sp³-hybridized carbons (Fsp3) is 0.400. The van der Waals surface area contributed by atoms with Crippen molar-refractivity contribution in [2.24, 2.45) is 0 Å². The van der Waals surface area contributed by atoms with Gasteiger partial charge in [0.05, 0.1) is 5.56 Å². The number of aromatic carboxylic acids is 1. The predicted molar refractivity (Wildman–Crippen MR) is 58.4 cm³/mol. The Morgan fingerprint density at radius 1 is 1.53 bits per heavy atom. The molecule has 0 spiro atoms. The highest BCUT2D eigenvalue weighted by molar-refractivity contribution is 7.99. The van der Waals surface area contributed by atoms with Crippen LogP contribution in [0.1, 0.15) is 22.5 Å². The van der Waals surface area contributed by atoms with Crippen LogP contribution in [0.25, 0.3) is 0 Å². The molecule has 0 aromatic carbocycles. The van der Waals surface area contributed by atoms with E-state index in [2.05, 4.69) is 4.98 Å². The van der Waals surface area contributed by atoms with Crippen LogP contribution in [0.5, 0.6) is 0 Å². The monoisotopic (exact) mass is 227 g/mol. The fourth-order valence-corrected chi connectivity index (χ4v) is 2.03. The first-order valence-corrected chi connectivity index (χ1v) is 5.58. The second kappa shape index (κ2) is 5.72. The van der Waals surface area contributed by atoms with Gasteiger partial charge in [0.1, 0.15) is 5.03 Å². The van der Waals surface area contributed by atoms with E-state index in [0.29, 0.717) is 17.2 Å². The van der Waals surface area contributed by atoms with Crippen molar-refractivity contribution in [1.82, 2.24) is 4.98 Å². The zero-order valence-electron chi connectivity index (χ0n) is 8.43. The summed E-state index contributed by atoms with van der Waals surface area (Å²) in [5, 5.41) is 18.1. The van der Waals surface area contributed by atoms with Gasteiger partial charge in [0.25, 0.3) is 0 Å². The quantitative estimate of drug-likeness (QED) is 0.590. The van der Waals surface area contributed by atoms with E-state index in [9.17, 15) is 4.79 Å². The predicted octanol–water partition coefficient (Wildman–Crippen LogP) is 1.56. The van der Waals surface area contributed by atoms with E-state index in [1.165, 1.54) is 11.8 Å². The van der Waals surface area contributed by atoms with Gasteiger partial charge < -0.3 is 10.2 Å². The number of rotatable bonds is 5. The summed E-state index contributed by atoms with van der Waals surface area (Å²) in [5.41, 5.74) is 1.02. The molecule has 0 radical (unpaired) electrons. The lowest BCUT2D eigenvalue weighted by molar-refractivity contribution is 0.0692. The van der Waals surface area contributed by atoms with Crippen LogP contribution in [0.4, 0.5) is 0 Å². The van der Waals surface area contributed by atoms with Gasteiger partial charge >= 0.3 is 5.97 Å². The van der Waals surface area contributed by atoms with Gasteiger partial charge in [0.15, 0.2) is 0 Å². The molecule has 0 aliphatic heterocycles. The summed E-state index contributed by atoms with van der Waals surface area (Å²) >= 11 is 1.36. The number of aryl methyl sites for hydroxylation is 1. The summed E-state index contributed by atoms with van der Waals surface area (Å²) in [5.74, 6) is -0.290. The SMILES string of the molecule is Cc1ccc(C(=O)O)c(SCCCO)n1. The molecule has 0 fully saturated rings. The minimum absolute atomic E-state index is 0.112. The first kappa shape index (κ1) is 12.0. The van der Waals surface area contributed by atoms with E-state index < -0.39 is 5.97 Å². The normalized spacial score (nSPS) is 10.3. The number of pyridine rings is 1. The zero-order valence-corrected chi connectivity index (χ0v) is 9.25. The Kier molecular flexibility index (Phi) is 4.58. The topological polar surface area (TPSA) is 70.4 Å². The molecule has 0 saturated heterocycles. The van der Waals surface area contributed by atoms with E-state index in [1.54, 1.807) is 12.1 Å². The molecule has 15 heavy (non-hydrogen) atoms. The number of hydrogen-bond donors (Lipinski definition) is 2. The molecule has 0 amide bonds. The number of hydrogen-bond acceptors (Lipinski definition) is 4. The lowest BCUT2D eigenvalue weighted by atomic mass is 10.2. The molecule has 0 saturated carbocycles. The van der Waals surface area contributed by atoms with Crippen LogP contribution in [-0.4, -0.2) is 33.5 Å². The Hall–Kier alpha value is -1.07. The van der Waals surface area contributed by atoms with E-state index in [1.807, 2.05) is 6.92 Å². The smallest absolute Gasteiger partial charge is 0.338 e. The minimum Gasteiger partial charge on any atom is -0.478 e. The Morgan fingerprint density at radius 3 is 2.87 bits per heavy atom. The Morgan fingerprint density at radius 2 is 2.27 bits per heavy atom. The molecule has 0 aliphatic rings. The van der Waals surface area contributed by atoms with Crippen molar-refractivity contribution in [2.45, 2.75) is 18.4 Å². The average molecular weight is 227 g/mol. The standard InChI is InChI=1S/C10H13NO3S/c1-7-3-4-8(10(13)14)9(11-7)15-6-2-5-12/h3-4,12H,2,5-6H2,1H3,(H,13,14). The molecule has 5 heteroatoms. The van der Waals surface area contributed by atoms with Crippen molar-refractivity contribution >= 4 is 17.7 Å². The molecule has 1 rings (SSSR count). The van der Waals surface area contributed by atoms with Crippen LogP contribution >= 0.6 is 11.8 Å². The van der Waals surface area contributed by atoms with Crippen LogP contribution in [0, 0.1) is 6.92 Å². The second-order valence-electron chi connectivity index (χ2n) is 3.04. The van der Waals surface area contributed by atoms with Gasteiger partial charge in [0.2, 0.25) is 0 Å². The molecule has 0 atom stereocenters. The molecule has 2 N–H and O–H groups in total. The summed E-state index contributed by atoms with van der Waals surface area (Å²) in [7, 11) is 0. The van der Waals surface area contributed by atoms with Crippen LogP contribution in [-0.2, 0) is 0 Å². The highest BCUT2D eigenvalue weighted by Gasteiger charge is 2.11. The van der Waals surface area contributed by atoms with E-state index in [0.717, 1.165) is 5.69 Å². The Bertz CT molecular complexity index is 355. The molecular formula is C10H13NO3S. The molecule has 0 bridgehead atoms. The maximum Gasteiger partial charge on any atom is 0.338 e. The van der Waals surface area contributed by atoms with Gasteiger partial charge in [-0.05, 0) is 25.5 Å². The molecule has 0 unspecified atom stereocenters. The van der Waals surface area contributed by atoms with Gasteiger partial charge in [-0.15, -0.1) is 11.8 Å². The van der Waals surface area contributed by atoms with Crippen molar-refractivity contribution in [2.75, 3.05) is 12.4 Å². The maximum atomic E-state index is 10.9. The summed E-state index contributed by atoms with van der Waals surface area (Å²) in [4.78, 5) is 15.0. The third kappa shape index (κ3) is 3.53. The first-order valence-electron chi connectivity index (χ1n) is 4.59. The summed E-state index contributed by atoms with van der Waals surface area (Å²) < 4.78 is 0. The fourth-order valence-electron chi connectivity index (χ4n) is 1.04. The van der Waals surface area contributed by atoms with Crippen molar-refractivity contribution in [1.29, 1.82) is 0 Å². The number of aliphatic hydroxyl groups is 1. The lowest BCUT2D eigenvalue weighted by Crippen LogP contribution is -2.02. The number of nitrogens with zero attached hydrogens (tertiary/aromatic N) is 1. The highest BCUT2D eigenvalue weighted by Crippen LogP contribution is 2.21. The van der Waals surface area contributed by atoms with E-state index >= 15 is 0 Å². The van der Waals surface area contributed by atoms with Gasteiger partial charge in [0, 0.05) is 18.1 Å².